The topological polar surface area (TPSA) is 55.4 Å². The molecule has 1 aromatic carbocycles. The number of allylic oxidation sites excluding steroid dienone is 1. The number of benzene rings is 1. The zero-order valence-electron chi connectivity index (χ0n) is 15.6. The van der Waals surface area contributed by atoms with Crippen molar-refractivity contribution in [2.45, 2.75) is 58.3 Å². The summed E-state index contributed by atoms with van der Waals surface area (Å²) in [6.45, 7) is 2.10. The van der Waals surface area contributed by atoms with Crippen LogP contribution in [0.15, 0.2) is 40.0 Å². The monoisotopic (exact) mass is 421 g/mol. The third-order valence-electron chi connectivity index (χ3n) is 4.87. The molecule has 1 fully saturated rings. The van der Waals surface area contributed by atoms with Gasteiger partial charge in [-0.3, -0.25) is 4.79 Å². The second kappa shape index (κ2) is 10.5. The molecule has 0 radical (unpaired) electrons. The molecule has 0 saturated heterocycles. The molecule has 1 aromatic rings. The number of carbonyl (C=O) groups excluding carboxylic acids is 2. The van der Waals surface area contributed by atoms with Gasteiger partial charge in [-0.1, -0.05) is 54.2 Å². The lowest BCUT2D eigenvalue weighted by Gasteiger charge is -2.18. The highest BCUT2D eigenvalue weighted by atomic mass is 79.9. The molecule has 0 bridgehead atoms. The molecule has 26 heavy (non-hydrogen) atoms. The minimum atomic E-state index is -0.370. The Kier molecular flexibility index (Phi) is 8.36. The van der Waals surface area contributed by atoms with Gasteiger partial charge in [-0.2, -0.15) is 0 Å². The smallest absolute Gasteiger partial charge is 0.335 e. The van der Waals surface area contributed by atoms with Crippen molar-refractivity contribution in [1.29, 1.82) is 0 Å². The van der Waals surface area contributed by atoms with Crippen LogP contribution in [0.25, 0.3) is 0 Å². The van der Waals surface area contributed by atoms with E-state index in [-0.39, 0.29) is 17.8 Å². The first-order valence-electron chi connectivity index (χ1n) is 9.40. The highest BCUT2D eigenvalue weighted by Gasteiger charge is 2.25. The zero-order valence-corrected chi connectivity index (χ0v) is 17.2. The van der Waals surface area contributed by atoms with Crippen molar-refractivity contribution in [1.82, 2.24) is 5.32 Å². The fourth-order valence-electron chi connectivity index (χ4n) is 3.31. The molecule has 5 heteroatoms. The summed E-state index contributed by atoms with van der Waals surface area (Å²) < 4.78 is 6.01. The van der Waals surface area contributed by atoms with Crippen LogP contribution in [0, 0.1) is 5.92 Å². The first-order chi connectivity index (χ1) is 12.5. The second-order valence-electron chi connectivity index (χ2n) is 6.83. The van der Waals surface area contributed by atoms with E-state index in [1.165, 1.54) is 7.11 Å². The largest absolute Gasteiger partial charge is 0.466 e. The van der Waals surface area contributed by atoms with E-state index in [2.05, 4.69) is 28.2 Å². The number of esters is 1. The van der Waals surface area contributed by atoms with Gasteiger partial charge in [0.2, 0.25) is 5.91 Å². The standard InChI is InChI=1S/C21H28BrNO3/c1-3-4-9-19(23-20(24)16-7-5-6-8-16)18(21(25)26-2)14-15-10-12-17(22)13-11-15/h10-13,16H,3-9,14H2,1-2H3,(H,23,24)/b19-18-. The van der Waals surface area contributed by atoms with Gasteiger partial charge in [-0.05, 0) is 43.4 Å². The van der Waals surface area contributed by atoms with E-state index in [1.807, 2.05) is 24.3 Å². The van der Waals surface area contributed by atoms with Crippen LogP contribution in [-0.2, 0) is 20.7 Å². The van der Waals surface area contributed by atoms with Crippen LogP contribution in [0.4, 0.5) is 0 Å². The molecule has 0 aromatic heterocycles. The number of amides is 1. The van der Waals surface area contributed by atoms with E-state index >= 15 is 0 Å². The van der Waals surface area contributed by atoms with Crippen molar-refractivity contribution in [3.8, 4) is 0 Å². The van der Waals surface area contributed by atoms with Crippen LogP contribution in [0.2, 0.25) is 0 Å². The summed E-state index contributed by atoms with van der Waals surface area (Å²) in [7, 11) is 1.39. The maximum Gasteiger partial charge on any atom is 0.335 e. The van der Waals surface area contributed by atoms with E-state index in [0.29, 0.717) is 18.4 Å². The quantitative estimate of drug-likeness (QED) is 0.478. The van der Waals surface area contributed by atoms with E-state index < -0.39 is 0 Å². The normalized spacial score (nSPS) is 15.5. The van der Waals surface area contributed by atoms with Gasteiger partial charge in [-0.25, -0.2) is 4.79 Å². The van der Waals surface area contributed by atoms with Gasteiger partial charge in [0.05, 0.1) is 12.7 Å². The van der Waals surface area contributed by atoms with E-state index in [9.17, 15) is 9.59 Å². The molecule has 4 nitrogen and oxygen atoms in total. The van der Waals surface area contributed by atoms with Crippen molar-refractivity contribution in [2.24, 2.45) is 5.92 Å². The van der Waals surface area contributed by atoms with Gasteiger partial charge in [0.15, 0.2) is 0 Å². The van der Waals surface area contributed by atoms with Crippen molar-refractivity contribution in [3.63, 3.8) is 0 Å². The molecule has 142 valence electrons. The number of hydrogen-bond donors (Lipinski definition) is 1. The van der Waals surface area contributed by atoms with Crippen molar-refractivity contribution < 1.29 is 14.3 Å². The Morgan fingerprint density at radius 1 is 1.19 bits per heavy atom. The summed E-state index contributed by atoms with van der Waals surface area (Å²) in [4.78, 5) is 25.1. The van der Waals surface area contributed by atoms with Gasteiger partial charge in [0.1, 0.15) is 0 Å². The van der Waals surface area contributed by atoms with Crippen LogP contribution in [0.1, 0.15) is 57.4 Å². The first kappa shape index (κ1) is 20.7. The third-order valence-corrected chi connectivity index (χ3v) is 5.40. The van der Waals surface area contributed by atoms with E-state index in [4.69, 9.17) is 4.74 Å². The molecular weight excluding hydrogens is 394 g/mol. The second-order valence-corrected chi connectivity index (χ2v) is 7.74. The Morgan fingerprint density at radius 2 is 1.85 bits per heavy atom. The molecule has 0 unspecified atom stereocenters. The molecule has 0 atom stereocenters. The SMILES string of the molecule is CCCC/C(NC(=O)C1CCCC1)=C(\Cc1ccc(Br)cc1)C(=O)OC. The predicted molar refractivity (Wildman–Crippen MR) is 107 cm³/mol. The fourth-order valence-corrected chi connectivity index (χ4v) is 3.58. The average molecular weight is 422 g/mol. The highest BCUT2D eigenvalue weighted by Crippen LogP contribution is 2.26. The summed E-state index contributed by atoms with van der Waals surface area (Å²) in [6.07, 6.45) is 7.13. The maximum atomic E-state index is 12.6. The number of rotatable bonds is 8. The molecule has 1 amide bonds. The lowest BCUT2D eigenvalue weighted by molar-refractivity contribution is -0.136. The molecule has 2 rings (SSSR count). The number of ether oxygens (including phenoxy) is 1. The Bertz CT molecular complexity index is 646. The lowest BCUT2D eigenvalue weighted by atomic mass is 9.99. The Balaban J connectivity index is 2.28. The molecule has 1 N–H and O–H groups in total. The van der Waals surface area contributed by atoms with Crippen LogP contribution >= 0.6 is 15.9 Å². The summed E-state index contributed by atoms with van der Waals surface area (Å²) in [6, 6.07) is 7.85. The van der Waals surface area contributed by atoms with Gasteiger partial charge < -0.3 is 10.1 Å². The van der Waals surface area contributed by atoms with Gasteiger partial charge in [0.25, 0.3) is 0 Å². The van der Waals surface area contributed by atoms with Gasteiger partial charge in [-0.15, -0.1) is 0 Å². The summed E-state index contributed by atoms with van der Waals surface area (Å²) in [5.74, 6) is -0.255. The number of hydrogen-bond acceptors (Lipinski definition) is 3. The van der Waals surface area contributed by atoms with E-state index in [0.717, 1.165) is 54.3 Å². The zero-order chi connectivity index (χ0) is 18.9. The highest BCUT2D eigenvalue weighted by molar-refractivity contribution is 9.10. The lowest BCUT2D eigenvalue weighted by Crippen LogP contribution is -2.31. The minimum absolute atomic E-state index is 0.0470. The molecule has 1 aliphatic carbocycles. The Hall–Kier alpha value is -1.62. The first-order valence-corrected chi connectivity index (χ1v) is 10.2. The minimum Gasteiger partial charge on any atom is -0.466 e. The van der Waals surface area contributed by atoms with Crippen LogP contribution in [-0.4, -0.2) is 19.0 Å². The molecule has 0 spiro atoms. The average Bonchev–Trinajstić information content (AvgIpc) is 3.19. The van der Waals surface area contributed by atoms with Crippen molar-refractivity contribution >= 4 is 27.8 Å². The predicted octanol–water partition coefficient (Wildman–Crippen LogP) is 4.92. The summed E-state index contributed by atoms with van der Waals surface area (Å²) in [5.41, 5.74) is 2.28. The van der Waals surface area contributed by atoms with Gasteiger partial charge >= 0.3 is 5.97 Å². The van der Waals surface area contributed by atoms with Gasteiger partial charge in [0, 0.05) is 22.5 Å². The Labute approximate surface area is 164 Å². The number of nitrogens with one attached hydrogen (secondary N) is 1. The number of unbranched alkanes of at least 4 members (excludes halogenated alkanes) is 1. The molecule has 0 aliphatic heterocycles. The molecular formula is C21H28BrNO3. The van der Waals surface area contributed by atoms with Crippen molar-refractivity contribution in [3.05, 3.63) is 45.6 Å². The van der Waals surface area contributed by atoms with Crippen LogP contribution < -0.4 is 5.32 Å². The van der Waals surface area contributed by atoms with Crippen molar-refractivity contribution in [2.75, 3.05) is 7.11 Å². The number of methoxy groups -OCH3 is 1. The number of halogens is 1. The van der Waals surface area contributed by atoms with Crippen LogP contribution in [0.3, 0.4) is 0 Å². The van der Waals surface area contributed by atoms with E-state index in [1.54, 1.807) is 0 Å². The molecule has 1 saturated carbocycles. The van der Waals surface area contributed by atoms with Crippen LogP contribution in [0.5, 0.6) is 0 Å². The number of carbonyl (C=O) groups is 2. The molecule has 0 heterocycles. The summed E-state index contributed by atoms with van der Waals surface area (Å²) >= 11 is 3.43. The molecule has 1 aliphatic rings. The third kappa shape index (κ3) is 5.97. The Morgan fingerprint density at radius 3 is 2.42 bits per heavy atom. The fraction of sp³-hybridized carbons (Fsp3) is 0.524. The maximum absolute atomic E-state index is 12.6. The summed E-state index contributed by atoms with van der Waals surface area (Å²) in [5, 5.41) is 3.07.